The van der Waals surface area contributed by atoms with Crippen LogP contribution in [0, 0.1) is 0 Å². The van der Waals surface area contributed by atoms with Gasteiger partial charge in [0, 0.05) is 19.8 Å². The number of pyridine rings is 1. The number of rotatable bonds is 7. The van der Waals surface area contributed by atoms with Gasteiger partial charge in [0.1, 0.15) is 6.61 Å². The number of carbonyl (C=O) groups excluding carboxylic acids is 1. The summed E-state index contributed by atoms with van der Waals surface area (Å²) >= 11 is 0. The molecule has 1 amide bonds. The number of aromatic nitrogens is 1. The first kappa shape index (κ1) is 14.7. The molecule has 0 aliphatic rings. The van der Waals surface area contributed by atoms with Crippen molar-refractivity contribution in [3.63, 3.8) is 0 Å². The Balaban J connectivity index is 2.80. The molecule has 0 spiro atoms. The normalized spacial score (nSPS) is 9.74. The second-order valence-corrected chi connectivity index (χ2v) is 3.82. The lowest BCUT2D eigenvalue weighted by molar-refractivity contribution is -0.137. The molecule has 1 rings (SSSR count). The van der Waals surface area contributed by atoms with Crippen LogP contribution < -0.4 is 4.74 Å². The third-order valence-corrected chi connectivity index (χ3v) is 2.34. The fraction of sp³-hybridized carbons (Fsp3) is 0.308. The highest BCUT2D eigenvalue weighted by atomic mass is 16.5. The average molecular weight is 264 g/mol. The zero-order valence-corrected chi connectivity index (χ0v) is 10.7. The Kier molecular flexibility index (Phi) is 5.53. The molecule has 0 saturated heterocycles. The number of carboxylic acid groups (broad SMARTS) is 1. The van der Waals surface area contributed by atoms with E-state index in [2.05, 4.69) is 11.6 Å². The summed E-state index contributed by atoms with van der Waals surface area (Å²) in [6.45, 7) is 3.91. The van der Waals surface area contributed by atoms with E-state index in [9.17, 15) is 9.59 Å². The second-order valence-electron chi connectivity index (χ2n) is 3.82. The lowest BCUT2D eigenvalue weighted by Gasteiger charge is -2.17. The van der Waals surface area contributed by atoms with Crippen molar-refractivity contribution in [2.24, 2.45) is 0 Å². The molecule has 0 atom stereocenters. The summed E-state index contributed by atoms with van der Waals surface area (Å²) in [5.74, 6) is -0.973. The fourth-order valence-electron chi connectivity index (χ4n) is 1.36. The Labute approximate surface area is 111 Å². The first-order chi connectivity index (χ1) is 9.06. The average Bonchev–Trinajstić information content (AvgIpc) is 2.42. The van der Waals surface area contributed by atoms with Gasteiger partial charge in [0.25, 0.3) is 5.91 Å². The fourth-order valence-corrected chi connectivity index (χ4v) is 1.36. The molecule has 1 aromatic heterocycles. The summed E-state index contributed by atoms with van der Waals surface area (Å²) in [7, 11) is 1.53. The third-order valence-electron chi connectivity index (χ3n) is 2.34. The van der Waals surface area contributed by atoms with Crippen LogP contribution in [0.3, 0.4) is 0 Å². The van der Waals surface area contributed by atoms with Gasteiger partial charge >= 0.3 is 5.97 Å². The summed E-state index contributed by atoms with van der Waals surface area (Å²) in [5, 5.41) is 8.60. The van der Waals surface area contributed by atoms with E-state index in [0.717, 1.165) is 0 Å². The zero-order valence-electron chi connectivity index (χ0n) is 10.7. The van der Waals surface area contributed by atoms with Crippen LogP contribution in [0.1, 0.15) is 16.9 Å². The summed E-state index contributed by atoms with van der Waals surface area (Å²) in [4.78, 5) is 27.9. The molecule has 0 aliphatic heterocycles. The van der Waals surface area contributed by atoms with Crippen LogP contribution in [0.5, 0.6) is 5.75 Å². The van der Waals surface area contributed by atoms with Crippen LogP contribution in [-0.4, -0.2) is 47.1 Å². The van der Waals surface area contributed by atoms with Crippen LogP contribution in [-0.2, 0) is 4.79 Å². The second kappa shape index (κ2) is 7.15. The van der Waals surface area contributed by atoms with Crippen molar-refractivity contribution in [1.82, 2.24) is 9.88 Å². The minimum absolute atomic E-state index is 0.113. The Morgan fingerprint density at radius 3 is 2.95 bits per heavy atom. The number of hydrogen-bond donors (Lipinski definition) is 1. The maximum atomic E-state index is 12.1. The summed E-state index contributed by atoms with van der Waals surface area (Å²) in [6.07, 6.45) is 2.94. The minimum atomic E-state index is -0.955. The molecule has 19 heavy (non-hydrogen) atoms. The predicted octanol–water partition coefficient (Wildman–Crippen LogP) is 1.19. The van der Waals surface area contributed by atoms with Gasteiger partial charge in [-0.2, -0.15) is 0 Å². The van der Waals surface area contributed by atoms with Gasteiger partial charge < -0.3 is 14.7 Å². The molecule has 0 fully saturated rings. The molecule has 1 aromatic rings. The molecule has 1 heterocycles. The number of carboxylic acids is 1. The Bertz CT molecular complexity index is 473. The van der Waals surface area contributed by atoms with Gasteiger partial charge in [0.05, 0.1) is 6.42 Å². The molecular formula is C13H16N2O4. The monoisotopic (exact) mass is 264 g/mol. The van der Waals surface area contributed by atoms with Gasteiger partial charge in [-0.15, -0.1) is 0 Å². The van der Waals surface area contributed by atoms with Crippen molar-refractivity contribution in [3.05, 3.63) is 36.7 Å². The molecule has 0 unspecified atom stereocenters. The number of hydrogen-bond acceptors (Lipinski definition) is 4. The smallest absolute Gasteiger partial charge is 0.305 e. The van der Waals surface area contributed by atoms with E-state index in [0.29, 0.717) is 5.75 Å². The van der Waals surface area contributed by atoms with Crippen LogP contribution in [0.2, 0.25) is 0 Å². The van der Waals surface area contributed by atoms with E-state index >= 15 is 0 Å². The van der Waals surface area contributed by atoms with E-state index in [4.69, 9.17) is 9.84 Å². The third kappa shape index (κ3) is 4.42. The quantitative estimate of drug-likeness (QED) is 0.748. The molecule has 0 radical (unpaired) electrons. The van der Waals surface area contributed by atoms with E-state index < -0.39 is 5.97 Å². The number of carbonyl (C=O) groups is 2. The molecule has 0 bridgehead atoms. The Morgan fingerprint density at radius 1 is 1.58 bits per heavy atom. The SMILES string of the molecule is C=CCOc1cccnc1C(=O)N(C)CCC(=O)O. The van der Waals surface area contributed by atoms with Crippen molar-refractivity contribution in [1.29, 1.82) is 0 Å². The Hall–Kier alpha value is -2.37. The molecule has 6 heteroatoms. The first-order valence-electron chi connectivity index (χ1n) is 5.72. The summed E-state index contributed by atoms with van der Waals surface area (Å²) < 4.78 is 5.34. The highest BCUT2D eigenvalue weighted by Crippen LogP contribution is 2.17. The maximum absolute atomic E-state index is 12.1. The summed E-state index contributed by atoms with van der Waals surface area (Å²) in [5.41, 5.74) is 0.164. The lowest BCUT2D eigenvalue weighted by Crippen LogP contribution is -2.30. The lowest BCUT2D eigenvalue weighted by atomic mass is 10.3. The number of ether oxygens (including phenoxy) is 1. The first-order valence-corrected chi connectivity index (χ1v) is 5.72. The highest BCUT2D eigenvalue weighted by Gasteiger charge is 2.18. The van der Waals surface area contributed by atoms with Gasteiger partial charge in [-0.3, -0.25) is 9.59 Å². The van der Waals surface area contributed by atoms with Crippen molar-refractivity contribution in [2.45, 2.75) is 6.42 Å². The number of aliphatic carboxylic acids is 1. The van der Waals surface area contributed by atoms with Crippen LogP contribution in [0.25, 0.3) is 0 Å². The molecule has 1 N–H and O–H groups in total. The van der Waals surface area contributed by atoms with Crippen molar-refractivity contribution in [2.75, 3.05) is 20.2 Å². The zero-order chi connectivity index (χ0) is 14.3. The molecule has 0 aromatic carbocycles. The van der Waals surface area contributed by atoms with Crippen LogP contribution >= 0.6 is 0 Å². The van der Waals surface area contributed by atoms with Gasteiger partial charge in [-0.25, -0.2) is 4.98 Å². The number of nitrogens with zero attached hydrogens (tertiary/aromatic N) is 2. The van der Waals surface area contributed by atoms with Crippen molar-refractivity contribution in [3.8, 4) is 5.75 Å². The van der Waals surface area contributed by atoms with E-state index in [-0.39, 0.29) is 31.2 Å². The van der Waals surface area contributed by atoms with Gasteiger partial charge in [-0.1, -0.05) is 12.7 Å². The van der Waals surface area contributed by atoms with Gasteiger partial charge in [0.2, 0.25) is 0 Å². The standard InChI is InChI=1S/C13H16N2O4/c1-3-9-19-10-5-4-7-14-12(10)13(18)15(2)8-6-11(16)17/h3-5,7H,1,6,8-9H2,2H3,(H,16,17). The van der Waals surface area contributed by atoms with Crippen molar-refractivity contribution < 1.29 is 19.4 Å². The van der Waals surface area contributed by atoms with Crippen LogP contribution in [0.4, 0.5) is 0 Å². The van der Waals surface area contributed by atoms with Gasteiger partial charge in [-0.05, 0) is 12.1 Å². The van der Waals surface area contributed by atoms with E-state index in [1.54, 1.807) is 18.2 Å². The molecule has 102 valence electrons. The van der Waals surface area contributed by atoms with Crippen LogP contribution in [0.15, 0.2) is 31.0 Å². The maximum Gasteiger partial charge on any atom is 0.305 e. The molecule has 6 nitrogen and oxygen atoms in total. The largest absolute Gasteiger partial charge is 0.487 e. The predicted molar refractivity (Wildman–Crippen MR) is 69.1 cm³/mol. The van der Waals surface area contributed by atoms with E-state index in [1.807, 2.05) is 0 Å². The minimum Gasteiger partial charge on any atom is -0.487 e. The van der Waals surface area contributed by atoms with Crippen molar-refractivity contribution >= 4 is 11.9 Å². The highest BCUT2D eigenvalue weighted by molar-refractivity contribution is 5.94. The molecular weight excluding hydrogens is 248 g/mol. The molecule has 0 saturated carbocycles. The van der Waals surface area contributed by atoms with Gasteiger partial charge in [0.15, 0.2) is 11.4 Å². The number of amides is 1. The topological polar surface area (TPSA) is 79.7 Å². The summed E-state index contributed by atoms with van der Waals surface area (Å²) in [6, 6.07) is 3.29. The van der Waals surface area contributed by atoms with E-state index in [1.165, 1.54) is 18.1 Å². The Morgan fingerprint density at radius 2 is 2.32 bits per heavy atom. The molecule has 0 aliphatic carbocycles.